The van der Waals surface area contributed by atoms with Gasteiger partial charge in [-0.25, -0.2) is 0 Å². The molecule has 2 rings (SSSR count). The quantitative estimate of drug-likeness (QED) is 0.847. The molecule has 1 N–H and O–H groups in total. The highest BCUT2D eigenvalue weighted by molar-refractivity contribution is 5.96. The lowest BCUT2D eigenvalue weighted by atomic mass is 10.0. The van der Waals surface area contributed by atoms with Gasteiger partial charge in [-0.15, -0.1) is 0 Å². The molecule has 0 aromatic heterocycles. The van der Waals surface area contributed by atoms with Crippen molar-refractivity contribution in [2.45, 2.75) is 32.2 Å². The van der Waals surface area contributed by atoms with E-state index in [1.807, 2.05) is 38.2 Å². The Morgan fingerprint density at radius 3 is 2.88 bits per heavy atom. The molecular formula is C14H20N2O. The Balaban J connectivity index is 2.08. The first-order valence-corrected chi connectivity index (χ1v) is 6.26. The van der Waals surface area contributed by atoms with Gasteiger partial charge in [0, 0.05) is 12.7 Å². The van der Waals surface area contributed by atoms with E-state index in [1.165, 1.54) is 12.0 Å². The highest BCUT2D eigenvalue weighted by atomic mass is 16.2. The van der Waals surface area contributed by atoms with Gasteiger partial charge < -0.3 is 10.2 Å². The molecule has 1 aromatic rings. The molecule has 17 heavy (non-hydrogen) atoms. The number of hydrogen-bond donors (Lipinski definition) is 1. The van der Waals surface area contributed by atoms with Crippen molar-refractivity contribution in [3.05, 3.63) is 29.8 Å². The number of anilines is 1. The molecule has 1 saturated heterocycles. The lowest BCUT2D eigenvalue weighted by Gasteiger charge is -2.27. The Morgan fingerprint density at radius 2 is 2.24 bits per heavy atom. The van der Waals surface area contributed by atoms with Crippen LogP contribution in [0.3, 0.4) is 0 Å². The van der Waals surface area contributed by atoms with Crippen LogP contribution < -0.4 is 10.2 Å². The van der Waals surface area contributed by atoms with E-state index < -0.39 is 0 Å². The van der Waals surface area contributed by atoms with Gasteiger partial charge in [-0.05, 0) is 44.0 Å². The molecule has 0 aliphatic carbocycles. The van der Waals surface area contributed by atoms with E-state index in [2.05, 4.69) is 5.32 Å². The number of nitrogens with zero attached hydrogens (tertiary/aromatic N) is 1. The van der Waals surface area contributed by atoms with Crippen LogP contribution in [-0.2, 0) is 4.79 Å². The zero-order valence-corrected chi connectivity index (χ0v) is 10.6. The van der Waals surface area contributed by atoms with Crippen LogP contribution in [0.15, 0.2) is 24.3 Å². The molecule has 3 heteroatoms. The average Bonchev–Trinajstić information content (AvgIpc) is 2.38. The van der Waals surface area contributed by atoms with E-state index >= 15 is 0 Å². The first-order chi connectivity index (χ1) is 8.18. The third-order valence-corrected chi connectivity index (χ3v) is 3.33. The van der Waals surface area contributed by atoms with Crippen LogP contribution in [0.2, 0.25) is 0 Å². The molecule has 1 aliphatic rings. The molecule has 1 amide bonds. The minimum absolute atomic E-state index is 0.00531. The topological polar surface area (TPSA) is 32.3 Å². The first-order valence-electron chi connectivity index (χ1n) is 6.26. The van der Waals surface area contributed by atoms with E-state index in [1.54, 1.807) is 4.90 Å². The minimum atomic E-state index is -0.00531. The summed E-state index contributed by atoms with van der Waals surface area (Å²) in [5, 5.41) is 3.29. The number of likely N-dealkylation sites (N-methyl/N-ethyl adjacent to an activating group) is 1. The van der Waals surface area contributed by atoms with Crippen molar-refractivity contribution >= 4 is 11.6 Å². The summed E-state index contributed by atoms with van der Waals surface area (Å²) in [7, 11) is 1.85. The van der Waals surface area contributed by atoms with E-state index in [0.717, 1.165) is 25.1 Å². The smallest absolute Gasteiger partial charge is 0.243 e. The molecule has 0 unspecified atom stereocenters. The maximum atomic E-state index is 12.3. The van der Waals surface area contributed by atoms with Crippen LogP contribution in [-0.4, -0.2) is 25.5 Å². The second-order valence-corrected chi connectivity index (χ2v) is 4.74. The fourth-order valence-electron chi connectivity index (χ4n) is 2.26. The summed E-state index contributed by atoms with van der Waals surface area (Å²) >= 11 is 0. The lowest BCUT2D eigenvalue weighted by molar-refractivity contribution is -0.120. The van der Waals surface area contributed by atoms with Gasteiger partial charge in [0.2, 0.25) is 5.91 Å². The van der Waals surface area contributed by atoms with Crippen LogP contribution in [0, 0.1) is 6.92 Å². The number of rotatable bonds is 2. The second kappa shape index (κ2) is 5.32. The number of carbonyl (C=O) groups excluding carboxylic acids is 1. The Labute approximate surface area is 103 Å². The number of hydrogen-bond acceptors (Lipinski definition) is 2. The van der Waals surface area contributed by atoms with E-state index in [0.29, 0.717) is 0 Å². The Hall–Kier alpha value is -1.35. The molecule has 0 bridgehead atoms. The summed E-state index contributed by atoms with van der Waals surface area (Å²) in [5.74, 6) is 0.176. The molecule has 0 spiro atoms. The predicted molar refractivity (Wildman–Crippen MR) is 70.2 cm³/mol. The zero-order valence-electron chi connectivity index (χ0n) is 10.6. The maximum absolute atomic E-state index is 12.3. The van der Waals surface area contributed by atoms with Gasteiger partial charge in [-0.3, -0.25) is 4.79 Å². The molecule has 1 aliphatic heterocycles. The molecule has 1 heterocycles. The van der Waals surface area contributed by atoms with Gasteiger partial charge in [0.25, 0.3) is 0 Å². The van der Waals surface area contributed by atoms with E-state index in [4.69, 9.17) is 0 Å². The molecule has 0 saturated carbocycles. The van der Waals surface area contributed by atoms with Crippen LogP contribution >= 0.6 is 0 Å². The van der Waals surface area contributed by atoms with E-state index in [9.17, 15) is 4.79 Å². The predicted octanol–water partition coefficient (Wildman–Crippen LogP) is 2.10. The van der Waals surface area contributed by atoms with Crippen LogP contribution in [0.25, 0.3) is 0 Å². The Kier molecular flexibility index (Phi) is 3.79. The van der Waals surface area contributed by atoms with Crippen molar-refractivity contribution in [2.75, 3.05) is 18.5 Å². The number of piperidine rings is 1. The summed E-state index contributed by atoms with van der Waals surface area (Å²) in [6, 6.07) is 8.05. The molecular weight excluding hydrogens is 212 g/mol. The van der Waals surface area contributed by atoms with Crippen molar-refractivity contribution in [1.29, 1.82) is 0 Å². The van der Waals surface area contributed by atoms with Crippen LogP contribution in [0.1, 0.15) is 24.8 Å². The SMILES string of the molecule is Cc1cccc(N(C)C(=O)[C@H]2CCCCN2)c1. The fraction of sp³-hybridized carbons (Fsp3) is 0.500. The number of amides is 1. The zero-order chi connectivity index (χ0) is 12.3. The molecule has 0 radical (unpaired) electrons. The molecule has 1 atom stereocenters. The normalized spacial score (nSPS) is 20.0. The van der Waals surface area contributed by atoms with Crippen LogP contribution in [0.4, 0.5) is 5.69 Å². The number of aryl methyl sites for hydroxylation is 1. The van der Waals surface area contributed by atoms with Gasteiger partial charge in [0.1, 0.15) is 0 Å². The van der Waals surface area contributed by atoms with Gasteiger partial charge in [0.05, 0.1) is 6.04 Å². The summed E-state index contributed by atoms with van der Waals surface area (Å²) in [6.07, 6.45) is 3.28. The van der Waals surface area contributed by atoms with Crippen molar-refractivity contribution in [3.63, 3.8) is 0 Å². The second-order valence-electron chi connectivity index (χ2n) is 4.74. The monoisotopic (exact) mass is 232 g/mol. The highest BCUT2D eigenvalue weighted by Gasteiger charge is 2.24. The molecule has 1 aromatic carbocycles. The molecule has 3 nitrogen and oxygen atoms in total. The summed E-state index contributed by atoms with van der Waals surface area (Å²) in [6.45, 7) is 3.00. The Bertz CT molecular complexity index is 397. The Morgan fingerprint density at radius 1 is 1.41 bits per heavy atom. The number of benzene rings is 1. The summed E-state index contributed by atoms with van der Waals surface area (Å²) < 4.78 is 0. The summed E-state index contributed by atoms with van der Waals surface area (Å²) in [5.41, 5.74) is 2.15. The average molecular weight is 232 g/mol. The van der Waals surface area contributed by atoms with Gasteiger partial charge in [-0.2, -0.15) is 0 Å². The molecule has 1 fully saturated rings. The number of nitrogens with one attached hydrogen (secondary N) is 1. The van der Waals surface area contributed by atoms with Crippen molar-refractivity contribution < 1.29 is 4.79 Å². The standard InChI is InChI=1S/C14H20N2O/c1-11-6-5-7-12(10-11)16(2)14(17)13-8-3-4-9-15-13/h5-7,10,13,15H,3-4,8-9H2,1-2H3/t13-/m1/s1. The van der Waals surface area contributed by atoms with Crippen molar-refractivity contribution in [2.24, 2.45) is 0 Å². The van der Waals surface area contributed by atoms with Crippen LogP contribution in [0.5, 0.6) is 0 Å². The van der Waals surface area contributed by atoms with Crippen molar-refractivity contribution in [3.8, 4) is 0 Å². The minimum Gasteiger partial charge on any atom is -0.314 e. The largest absolute Gasteiger partial charge is 0.314 e. The van der Waals surface area contributed by atoms with Gasteiger partial charge in [0.15, 0.2) is 0 Å². The lowest BCUT2D eigenvalue weighted by Crippen LogP contribution is -2.47. The summed E-state index contributed by atoms with van der Waals surface area (Å²) in [4.78, 5) is 14.0. The van der Waals surface area contributed by atoms with Crippen molar-refractivity contribution in [1.82, 2.24) is 5.32 Å². The number of carbonyl (C=O) groups is 1. The first kappa shape index (κ1) is 12.1. The van der Waals surface area contributed by atoms with Gasteiger partial charge >= 0.3 is 0 Å². The molecule has 92 valence electrons. The highest BCUT2D eigenvalue weighted by Crippen LogP contribution is 2.17. The van der Waals surface area contributed by atoms with Gasteiger partial charge in [-0.1, -0.05) is 18.6 Å². The third kappa shape index (κ3) is 2.86. The fourth-order valence-corrected chi connectivity index (χ4v) is 2.26. The third-order valence-electron chi connectivity index (χ3n) is 3.33. The van der Waals surface area contributed by atoms with E-state index in [-0.39, 0.29) is 11.9 Å². The maximum Gasteiger partial charge on any atom is 0.243 e.